The first-order chi connectivity index (χ1) is 7.67. The van der Waals surface area contributed by atoms with Gasteiger partial charge in [0.25, 0.3) is 5.91 Å². The molecule has 0 bridgehead atoms. The zero-order valence-electron chi connectivity index (χ0n) is 9.72. The van der Waals surface area contributed by atoms with E-state index in [0.717, 1.165) is 25.0 Å². The molecule has 3 nitrogen and oxygen atoms in total. The lowest BCUT2D eigenvalue weighted by molar-refractivity contribution is 0.0953. The Labute approximate surface area is 101 Å². The number of carbonyl (C=O) groups excluding carboxylic acids is 1. The largest absolute Gasteiger partial charge is 0.352 e. The molecule has 0 radical (unpaired) electrons. The average molecular weight is 241 g/mol. The van der Waals surface area contributed by atoms with Crippen LogP contribution in [0.5, 0.6) is 0 Å². The summed E-state index contributed by atoms with van der Waals surface area (Å²) in [4.78, 5) is 15.9. The first kappa shape index (κ1) is 13.0. The fourth-order valence-electron chi connectivity index (χ4n) is 1.41. The molecule has 1 amide bonds. The number of aryl methyl sites for hydroxylation is 1. The van der Waals surface area contributed by atoms with Crippen LogP contribution in [0.4, 0.5) is 0 Å². The standard InChI is InChI=1S/C12H17ClN2O/c1-3-5-10-7-9(8-11(13)15-10)12(16)14-6-4-2/h7-8H,3-6H2,1-2H3,(H,14,16). The molecule has 1 aromatic heterocycles. The molecule has 0 aliphatic carbocycles. The Morgan fingerprint density at radius 1 is 1.38 bits per heavy atom. The summed E-state index contributed by atoms with van der Waals surface area (Å²) in [7, 11) is 0. The monoisotopic (exact) mass is 240 g/mol. The number of hydrogen-bond donors (Lipinski definition) is 1. The molecule has 0 aromatic carbocycles. The minimum absolute atomic E-state index is 0.0801. The van der Waals surface area contributed by atoms with Gasteiger partial charge in [0.1, 0.15) is 5.15 Å². The van der Waals surface area contributed by atoms with Crippen molar-refractivity contribution < 1.29 is 4.79 Å². The van der Waals surface area contributed by atoms with Crippen molar-refractivity contribution in [3.05, 3.63) is 28.5 Å². The lowest BCUT2D eigenvalue weighted by atomic mass is 10.1. The van der Waals surface area contributed by atoms with Gasteiger partial charge in [-0.1, -0.05) is 31.9 Å². The molecule has 1 N–H and O–H groups in total. The van der Waals surface area contributed by atoms with Crippen LogP contribution in [-0.4, -0.2) is 17.4 Å². The molecule has 0 spiro atoms. The molecule has 16 heavy (non-hydrogen) atoms. The third-order valence-corrected chi connectivity index (χ3v) is 2.34. The SMILES string of the molecule is CCCNC(=O)c1cc(Cl)nc(CCC)c1. The van der Waals surface area contributed by atoms with Crippen molar-refractivity contribution in [1.82, 2.24) is 10.3 Å². The van der Waals surface area contributed by atoms with Gasteiger partial charge in [0.15, 0.2) is 0 Å². The zero-order valence-corrected chi connectivity index (χ0v) is 10.5. The van der Waals surface area contributed by atoms with Crippen LogP contribution in [0.3, 0.4) is 0 Å². The highest BCUT2D eigenvalue weighted by Gasteiger charge is 2.08. The van der Waals surface area contributed by atoms with Crippen LogP contribution in [0.25, 0.3) is 0 Å². The second-order valence-corrected chi connectivity index (χ2v) is 4.06. The third kappa shape index (κ3) is 3.81. The molecule has 1 aromatic rings. The van der Waals surface area contributed by atoms with E-state index in [-0.39, 0.29) is 5.91 Å². The number of pyridine rings is 1. The van der Waals surface area contributed by atoms with Crippen LogP contribution in [0.2, 0.25) is 5.15 Å². The lowest BCUT2D eigenvalue weighted by Crippen LogP contribution is -2.24. The molecule has 0 atom stereocenters. The van der Waals surface area contributed by atoms with Crippen LogP contribution in [0.1, 0.15) is 42.7 Å². The van der Waals surface area contributed by atoms with Gasteiger partial charge >= 0.3 is 0 Å². The maximum Gasteiger partial charge on any atom is 0.251 e. The minimum atomic E-state index is -0.0801. The van der Waals surface area contributed by atoms with Gasteiger partial charge in [-0.2, -0.15) is 0 Å². The summed E-state index contributed by atoms with van der Waals surface area (Å²) in [6.45, 7) is 4.77. The summed E-state index contributed by atoms with van der Waals surface area (Å²) in [5.41, 5.74) is 1.47. The minimum Gasteiger partial charge on any atom is -0.352 e. The molecule has 1 rings (SSSR count). The van der Waals surface area contributed by atoms with E-state index in [2.05, 4.69) is 17.2 Å². The smallest absolute Gasteiger partial charge is 0.251 e. The van der Waals surface area contributed by atoms with E-state index in [1.54, 1.807) is 12.1 Å². The Balaban J connectivity index is 2.82. The van der Waals surface area contributed by atoms with Gasteiger partial charge in [-0.15, -0.1) is 0 Å². The number of aromatic nitrogens is 1. The average Bonchev–Trinajstić information content (AvgIpc) is 2.25. The van der Waals surface area contributed by atoms with E-state index >= 15 is 0 Å². The molecule has 0 saturated carbocycles. The first-order valence-corrected chi connectivity index (χ1v) is 5.99. The quantitative estimate of drug-likeness (QED) is 0.805. The Hall–Kier alpha value is -1.09. The maximum atomic E-state index is 11.7. The van der Waals surface area contributed by atoms with Crippen molar-refractivity contribution in [2.24, 2.45) is 0 Å². The summed E-state index contributed by atoms with van der Waals surface area (Å²) in [6, 6.07) is 3.41. The Kier molecular flexibility index (Phi) is 5.26. The van der Waals surface area contributed by atoms with Crippen molar-refractivity contribution in [2.45, 2.75) is 33.1 Å². The van der Waals surface area contributed by atoms with E-state index < -0.39 is 0 Å². The second kappa shape index (κ2) is 6.48. The summed E-state index contributed by atoms with van der Waals surface area (Å²) in [5.74, 6) is -0.0801. The zero-order chi connectivity index (χ0) is 12.0. The van der Waals surface area contributed by atoms with E-state index in [9.17, 15) is 4.79 Å². The molecule has 0 fully saturated rings. The molecule has 1 heterocycles. The van der Waals surface area contributed by atoms with Gasteiger partial charge in [-0.25, -0.2) is 4.98 Å². The Bertz CT molecular complexity index is 366. The molecule has 0 aliphatic rings. The summed E-state index contributed by atoms with van der Waals surface area (Å²) in [6.07, 6.45) is 2.75. The number of amides is 1. The van der Waals surface area contributed by atoms with Crippen LogP contribution >= 0.6 is 11.6 Å². The highest BCUT2D eigenvalue weighted by Crippen LogP contribution is 2.12. The predicted octanol–water partition coefficient (Wildman–Crippen LogP) is 2.83. The number of carbonyl (C=O) groups is 1. The molecular weight excluding hydrogens is 224 g/mol. The van der Waals surface area contributed by atoms with E-state index in [1.807, 2.05) is 6.92 Å². The van der Waals surface area contributed by atoms with Crippen LogP contribution in [0, 0.1) is 0 Å². The molecule has 4 heteroatoms. The lowest BCUT2D eigenvalue weighted by Gasteiger charge is -2.06. The first-order valence-electron chi connectivity index (χ1n) is 5.62. The maximum absolute atomic E-state index is 11.7. The summed E-state index contributed by atoms with van der Waals surface area (Å²) in [5, 5.41) is 3.20. The number of hydrogen-bond acceptors (Lipinski definition) is 2. The number of nitrogens with zero attached hydrogens (tertiary/aromatic N) is 1. The van der Waals surface area contributed by atoms with Gasteiger partial charge in [-0.05, 0) is 25.0 Å². The van der Waals surface area contributed by atoms with Gasteiger partial charge in [0, 0.05) is 17.8 Å². The second-order valence-electron chi connectivity index (χ2n) is 3.68. The molecular formula is C12H17ClN2O. The van der Waals surface area contributed by atoms with E-state index in [1.165, 1.54) is 0 Å². The molecule has 0 unspecified atom stereocenters. The van der Waals surface area contributed by atoms with E-state index in [4.69, 9.17) is 11.6 Å². The fraction of sp³-hybridized carbons (Fsp3) is 0.500. The van der Waals surface area contributed by atoms with Crippen LogP contribution in [-0.2, 0) is 6.42 Å². The van der Waals surface area contributed by atoms with Crippen LogP contribution in [0.15, 0.2) is 12.1 Å². The van der Waals surface area contributed by atoms with Crippen molar-refractivity contribution in [2.75, 3.05) is 6.54 Å². The topological polar surface area (TPSA) is 42.0 Å². The van der Waals surface area contributed by atoms with Gasteiger partial charge in [-0.3, -0.25) is 4.79 Å². The van der Waals surface area contributed by atoms with Crippen molar-refractivity contribution in [3.63, 3.8) is 0 Å². The highest BCUT2D eigenvalue weighted by atomic mass is 35.5. The molecule has 0 saturated heterocycles. The molecule has 88 valence electrons. The third-order valence-electron chi connectivity index (χ3n) is 2.15. The molecule has 0 aliphatic heterocycles. The van der Waals surface area contributed by atoms with Crippen LogP contribution < -0.4 is 5.32 Å². The van der Waals surface area contributed by atoms with Crippen molar-refractivity contribution >= 4 is 17.5 Å². The summed E-state index contributed by atoms with van der Waals surface area (Å²) < 4.78 is 0. The van der Waals surface area contributed by atoms with E-state index in [0.29, 0.717) is 17.3 Å². The fourth-order valence-corrected chi connectivity index (χ4v) is 1.63. The number of rotatable bonds is 5. The predicted molar refractivity (Wildman–Crippen MR) is 65.9 cm³/mol. The number of halogens is 1. The van der Waals surface area contributed by atoms with Crippen molar-refractivity contribution in [3.8, 4) is 0 Å². The Morgan fingerprint density at radius 2 is 2.12 bits per heavy atom. The van der Waals surface area contributed by atoms with Gasteiger partial charge in [0.05, 0.1) is 0 Å². The number of nitrogens with one attached hydrogen (secondary N) is 1. The van der Waals surface area contributed by atoms with Gasteiger partial charge < -0.3 is 5.32 Å². The summed E-state index contributed by atoms with van der Waals surface area (Å²) >= 11 is 5.87. The highest BCUT2D eigenvalue weighted by molar-refractivity contribution is 6.29. The Morgan fingerprint density at radius 3 is 2.75 bits per heavy atom. The van der Waals surface area contributed by atoms with Crippen molar-refractivity contribution in [1.29, 1.82) is 0 Å². The normalized spacial score (nSPS) is 10.2. The van der Waals surface area contributed by atoms with Gasteiger partial charge in [0.2, 0.25) is 0 Å².